The zero-order valence-electron chi connectivity index (χ0n) is 13.5. The number of fused-ring (bicyclic) bond motifs is 3. The van der Waals surface area contributed by atoms with E-state index >= 15 is 0 Å². The van der Waals surface area contributed by atoms with Gasteiger partial charge in [0.05, 0.1) is 21.9 Å². The SMILES string of the molecule is CCN(Cc1ccc(Cl)s1)C(=O)c1ccc2nc3n(c2c1)CCC3. The number of halogens is 1. The van der Waals surface area contributed by atoms with E-state index in [1.54, 1.807) is 0 Å². The number of benzene rings is 1. The molecule has 1 amide bonds. The van der Waals surface area contributed by atoms with Crippen molar-refractivity contribution in [3.8, 4) is 0 Å². The number of hydrogen-bond acceptors (Lipinski definition) is 3. The number of nitrogens with zero attached hydrogens (tertiary/aromatic N) is 3. The van der Waals surface area contributed by atoms with Crippen LogP contribution < -0.4 is 0 Å². The van der Waals surface area contributed by atoms with Crippen molar-refractivity contribution in [2.24, 2.45) is 0 Å². The molecule has 3 heterocycles. The van der Waals surface area contributed by atoms with Gasteiger partial charge in [0.2, 0.25) is 0 Å². The van der Waals surface area contributed by atoms with Crippen LogP contribution in [0, 0.1) is 0 Å². The number of amides is 1. The number of aromatic nitrogens is 2. The Labute approximate surface area is 149 Å². The molecule has 1 aromatic carbocycles. The Morgan fingerprint density at radius 3 is 3.00 bits per heavy atom. The lowest BCUT2D eigenvalue weighted by Gasteiger charge is -2.20. The molecule has 0 aliphatic carbocycles. The van der Waals surface area contributed by atoms with Crippen molar-refractivity contribution in [3.63, 3.8) is 0 Å². The summed E-state index contributed by atoms with van der Waals surface area (Å²) in [4.78, 5) is 20.5. The van der Waals surface area contributed by atoms with E-state index in [9.17, 15) is 4.79 Å². The molecule has 4 nitrogen and oxygen atoms in total. The summed E-state index contributed by atoms with van der Waals surface area (Å²) in [5.74, 6) is 1.19. The molecule has 1 aliphatic rings. The molecule has 0 bridgehead atoms. The van der Waals surface area contributed by atoms with Crippen molar-refractivity contribution in [1.82, 2.24) is 14.5 Å². The number of rotatable bonds is 4. The number of hydrogen-bond donors (Lipinski definition) is 0. The van der Waals surface area contributed by atoms with E-state index < -0.39 is 0 Å². The molecule has 0 N–H and O–H groups in total. The Hall–Kier alpha value is -1.85. The van der Waals surface area contributed by atoms with Gasteiger partial charge in [-0.15, -0.1) is 11.3 Å². The van der Waals surface area contributed by atoms with Gasteiger partial charge >= 0.3 is 0 Å². The maximum absolute atomic E-state index is 12.9. The van der Waals surface area contributed by atoms with Crippen molar-refractivity contribution in [3.05, 3.63) is 50.9 Å². The fraction of sp³-hybridized carbons (Fsp3) is 0.333. The maximum atomic E-state index is 12.9. The Morgan fingerprint density at radius 2 is 2.25 bits per heavy atom. The minimum Gasteiger partial charge on any atom is -0.334 e. The molecule has 1 aliphatic heterocycles. The third kappa shape index (κ3) is 2.72. The molecule has 124 valence electrons. The monoisotopic (exact) mass is 359 g/mol. The van der Waals surface area contributed by atoms with Gasteiger partial charge in [-0.3, -0.25) is 4.79 Å². The van der Waals surface area contributed by atoms with E-state index in [-0.39, 0.29) is 5.91 Å². The van der Waals surface area contributed by atoms with Gasteiger partial charge in [0.15, 0.2) is 0 Å². The van der Waals surface area contributed by atoms with Crippen LogP contribution in [-0.2, 0) is 19.5 Å². The van der Waals surface area contributed by atoms with Gasteiger partial charge in [-0.25, -0.2) is 4.98 Å². The van der Waals surface area contributed by atoms with Crippen molar-refractivity contribution >= 4 is 39.9 Å². The fourth-order valence-electron chi connectivity index (χ4n) is 3.28. The molecule has 6 heteroatoms. The van der Waals surface area contributed by atoms with Crippen LogP contribution >= 0.6 is 22.9 Å². The third-order valence-electron chi connectivity index (χ3n) is 4.50. The first-order valence-corrected chi connectivity index (χ1v) is 9.38. The summed E-state index contributed by atoms with van der Waals surface area (Å²) < 4.78 is 2.99. The number of carbonyl (C=O) groups excluding carboxylic acids is 1. The van der Waals surface area contributed by atoms with Crippen LogP contribution in [0.1, 0.15) is 34.4 Å². The predicted octanol–water partition coefficient (Wildman–Crippen LogP) is 4.36. The smallest absolute Gasteiger partial charge is 0.254 e. The Morgan fingerprint density at radius 1 is 1.38 bits per heavy atom. The molecule has 0 spiro atoms. The van der Waals surface area contributed by atoms with Crippen LogP contribution in [0.3, 0.4) is 0 Å². The Kier molecular flexibility index (Phi) is 4.06. The molecule has 0 saturated carbocycles. The second-order valence-electron chi connectivity index (χ2n) is 6.01. The highest BCUT2D eigenvalue weighted by Gasteiger charge is 2.20. The predicted molar refractivity (Wildman–Crippen MR) is 97.8 cm³/mol. The first kappa shape index (κ1) is 15.7. The molecule has 0 radical (unpaired) electrons. The molecule has 4 rings (SSSR count). The first-order chi connectivity index (χ1) is 11.7. The second kappa shape index (κ2) is 6.22. The summed E-state index contributed by atoms with van der Waals surface area (Å²) >= 11 is 7.52. The van der Waals surface area contributed by atoms with Gasteiger partial charge in [-0.1, -0.05) is 11.6 Å². The van der Waals surface area contributed by atoms with Crippen molar-refractivity contribution < 1.29 is 4.79 Å². The average molecular weight is 360 g/mol. The Bertz CT molecular complexity index is 914. The average Bonchev–Trinajstić information content (AvgIpc) is 3.27. The normalized spacial score (nSPS) is 13.4. The van der Waals surface area contributed by atoms with Crippen LogP contribution in [-0.4, -0.2) is 26.9 Å². The minimum absolute atomic E-state index is 0.0532. The van der Waals surface area contributed by atoms with Gasteiger partial charge in [0.1, 0.15) is 5.82 Å². The molecule has 0 atom stereocenters. The highest BCUT2D eigenvalue weighted by molar-refractivity contribution is 7.16. The van der Waals surface area contributed by atoms with E-state index in [0.29, 0.717) is 13.1 Å². The van der Waals surface area contributed by atoms with Gasteiger partial charge < -0.3 is 9.47 Å². The molecule has 2 aromatic heterocycles. The van der Waals surface area contributed by atoms with Crippen LogP contribution in [0.5, 0.6) is 0 Å². The number of carbonyl (C=O) groups is 1. The maximum Gasteiger partial charge on any atom is 0.254 e. The standard InChI is InChI=1S/C18H18ClN3OS/c1-2-21(11-13-6-8-16(19)24-13)18(23)12-5-7-14-15(10-12)22-9-3-4-17(22)20-14/h5-8,10H,2-4,9,11H2,1H3. The largest absolute Gasteiger partial charge is 0.334 e. The fourth-order valence-corrected chi connectivity index (χ4v) is 4.38. The highest BCUT2D eigenvalue weighted by Crippen LogP contribution is 2.26. The highest BCUT2D eigenvalue weighted by atomic mass is 35.5. The Balaban J connectivity index is 1.63. The van der Waals surface area contributed by atoms with E-state index in [4.69, 9.17) is 11.6 Å². The molecule has 0 unspecified atom stereocenters. The van der Waals surface area contributed by atoms with E-state index in [0.717, 1.165) is 51.0 Å². The molecule has 0 saturated heterocycles. The summed E-state index contributed by atoms with van der Waals surface area (Å²) in [7, 11) is 0. The van der Waals surface area contributed by atoms with E-state index in [2.05, 4.69) is 9.55 Å². The molecular weight excluding hydrogens is 342 g/mol. The van der Waals surface area contributed by atoms with E-state index in [1.165, 1.54) is 11.3 Å². The summed E-state index contributed by atoms with van der Waals surface area (Å²) in [5.41, 5.74) is 2.78. The summed E-state index contributed by atoms with van der Waals surface area (Å²) in [5, 5.41) is 0. The zero-order chi connectivity index (χ0) is 16.7. The molecule has 0 fully saturated rings. The lowest BCUT2D eigenvalue weighted by molar-refractivity contribution is 0.0754. The topological polar surface area (TPSA) is 38.1 Å². The lowest BCUT2D eigenvalue weighted by atomic mass is 10.1. The van der Waals surface area contributed by atoms with Crippen molar-refractivity contribution in [2.45, 2.75) is 32.9 Å². The van der Waals surface area contributed by atoms with Gasteiger partial charge in [-0.2, -0.15) is 0 Å². The van der Waals surface area contributed by atoms with Crippen LogP contribution in [0.4, 0.5) is 0 Å². The lowest BCUT2D eigenvalue weighted by Crippen LogP contribution is -2.30. The van der Waals surface area contributed by atoms with Crippen LogP contribution in [0.2, 0.25) is 4.34 Å². The quantitative estimate of drug-likeness (QED) is 0.694. The van der Waals surface area contributed by atoms with Gasteiger partial charge in [0, 0.05) is 30.0 Å². The summed E-state index contributed by atoms with van der Waals surface area (Å²) in [6.45, 7) is 4.25. The molecule has 3 aromatic rings. The summed E-state index contributed by atoms with van der Waals surface area (Å²) in [6, 6.07) is 9.70. The van der Waals surface area contributed by atoms with E-state index in [1.807, 2.05) is 42.2 Å². The van der Waals surface area contributed by atoms with Gasteiger partial charge in [-0.05, 0) is 43.7 Å². The summed E-state index contributed by atoms with van der Waals surface area (Å²) in [6.07, 6.45) is 2.16. The second-order valence-corrected chi connectivity index (χ2v) is 7.81. The van der Waals surface area contributed by atoms with Crippen LogP contribution in [0.25, 0.3) is 11.0 Å². The minimum atomic E-state index is 0.0532. The number of imidazole rings is 1. The molecular formula is C18H18ClN3OS. The first-order valence-electron chi connectivity index (χ1n) is 8.18. The van der Waals surface area contributed by atoms with Crippen molar-refractivity contribution in [2.75, 3.05) is 6.54 Å². The number of thiophene rings is 1. The van der Waals surface area contributed by atoms with Gasteiger partial charge in [0.25, 0.3) is 5.91 Å². The number of aryl methyl sites for hydroxylation is 2. The zero-order valence-corrected chi connectivity index (χ0v) is 15.0. The van der Waals surface area contributed by atoms with Crippen LogP contribution in [0.15, 0.2) is 30.3 Å². The van der Waals surface area contributed by atoms with Crippen molar-refractivity contribution in [1.29, 1.82) is 0 Å². The third-order valence-corrected chi connectivity index (χ3v) is 5.72. The molecule has 24 heavy (non-hydrogen) atoms.